The highest BCUT2D eigenvalue weighted by Crippen LogP contribution is 2.42. The van der Waals surface area contributed by atoms with E-state index in [1.807, 2.05) is 43.7 Å². The minimum atomic E-state index is -1.59. The lowest BCUT2D eigenvalue weighted by molar-refractivity contribution is 0.103. The van der Waals surface area contributed by atoms with Crippen LogP contribution in [0, 0.1) is 31.3 Å². The molecule has 0 aliphatic carbocycles. The molecule has 0 fully saturated rings. The van der Waals surface area contributed by atoms with Gasteiger partial charge in [-0.3, -0.25) is 4.79 Å². The van der Waals surface area contributed by atoms with E-state index in [2.05, 4.69) is 16.0 Å². The van der Waals surface area contributed by atoms with Gasteiger partial charge >= 0.3 is 0 Å². The molecular formula is C27H21F3N4O. The number of aromatic nitrogens is 3. The summed E-state index contributed by atoms with van der Waals surface area (Å²) in [7, 11) is 1.99. The van der Waals surface area contributed by atoms with E-state index < -0.39 is 23.2 Å². The first-order valence-electron chi connectivity index (χ1n) is 11.3. The van der Waals surface area contributed by atoms with Crippen molar-refractivity contribution < 1.29 is 18.0 Å². The molecule has 3 heterocycles. The summed E-state index contributed by atoms with van der Waals surface area (Å²) in [6, 6.07) is 9.29. The quantitative estimate of drug-likeness (QED) is 0.257. The minimum Gasteiger partial charge on any atom is -0.381 e. The molecule has 0 bridgehead atoms. The number of carbonyl (C=O) groups is 1. The highest BCUT2D eigenvalue weighted by molar-refractivity contribution is 6.19. The maximum atomic E-state index is 13.9. The Balaban J connectivity index is 1.62. The van der Waals surface area contributed by atoms with Crippen molar-refractivity contribution in [2.75, 3.05) is 11.9 Å². The Kier molecular flexibility index (Phi) is 4.58. The molecule has 0 saturated heterocycles. The summed E-state index contributed by atoms with van der Waals surface area (Å²) in [4.78, 5) is 18.1. The topological polar surface area (TPSA) is 51.9 Å². The van der Waals surface area contributed by atoms with Crippen LogP contribution in [0.25, 0.3) is 33.1 Å². The summed E-state index contributed by atoms with van der Waals surface area (Å²) in [5.74, 6) is -4.03. The molecule has 0 spiro atoms. The summed E-state index contributed by atoms with van der Waals surface area (Å²) in [5, 5.41) is 4.21. The molecule has 176 valence electrons. The van der Waals surface area contributed by atoms with E-state index in [0.717, 1.165) is 56.9 Å². The second-order valence-corrected chi connectivity index (χ2v) is 8.98. The van der Waals surface area contributed by atoms with Gasteiger partial charge in [0.05, 0.1) is 16.7 Å². The molecule has 8 heteroatoms. The largest absolute Gasteiger partial charge is 0.381 e. The van der Waals surface area contributed by atoms with E-state index >= 15 is 0 Å². The molecule has 0 unspecified atom stereocenters. The van der Waals surface area contributed by atoms with Crippen LogP contribution in [0.4, 0.5) is 18.9 Å². The molecule has 35 heavy (non-hydrogen) atoms. The molecule has 0 atom stereocenters. The Bertz CT molecular complexity index is 1690. The lowest BCUT2D eigenvalue weighted by Crippen LogP contribution is -2.14. The molecule has 2 aromatic heterocycles. The molecule has 5 nitrogen and oxygen atoms in total. The summed E-state index contributed by atoms with van der Waals surface area (Å²) in [6.45, 7) is 5.17. The number of para-hydroxylation sites is 1. The monoisotopic (exact) mass is 474 g/mol. The van der Waals surface area contributed by atoms with Crippen molar-refractivity contribution in [3.63, 3.8) is 0 Å². The summed E-state index contributed by atoms with van der Waals surface area (Å²) < 4.78 is 45.2. The first-order chi connectivity index (χ1) is 16.8. The number of nitrogens with one attached hydrogen (secondary N) is 1. The number of anilines is 1. The third-order valence-electron chi connectivity index (χ3n) is 6.91. The van der Waals surface area contributed by atoms with Crippen molar-refractivity contribution in [3.8, 4) is 11.1 Å². The van der Waals surface area contributed by atoms with Crippen LogP contribution < -0.4 is 5.32 Å². The standard InChI is InChI=1S/C27H21F3N4O/c1-13-9-21-24(32-14(2)33(21)3)25-22(13)17-6-4-5-16-18(12-34(26(16)17)8-7-31-25)27(35)15-10-19(28)23(30)20(29)11-15/h4-6,9-12,31H,7-8H2,1-3H3. The van der Waals surface area contributed by atoms with Crippen molar-refractivity contribution in [1.82, 2.24) is 14.1 Å². The number of hydrogen-bond acceptors (Lipinski definition) is 3. The fourth-order valence-corrected chi connectivity index (χ4v) is 5.15. The Morgan fingerprint density at radius 2 is 1.83 bits per heavy atom. The second-order valence-electron chi connectivity index (χ2n) is 8.98. The van der Waals surface area contributed by atoms with Crippen molar-refractivity contribution in [2.45, 2.75) is 20.4 Å². The minimum absolute atomic E-state index is 0.235. The summed E-state index contributed by atoms with van der Waals surface area (Å²) >= 11 is 0. The van der Waals surface area contributed by atoms with Crippen molar-refractivity contribution in [3.05, 3.63) is 82.6 Å². The SMILES string of the molecule is Cc1cc2c(nc(C)n2C)c2c1-c1cccc3c(C(=O)c4cc(F)c(F)c(F)c4)cn(c13)CCN2. The summed E-state index contributed by atoms with van der Waals surface area (Å²) in [5.41, 5.74) is 6.78. The van der Waals surface area contributed by atoms with Gasteiger partial charge < -0.3 is 14.5 Å². The molecular weight excluding hydrogens is 453 g/mol. The molecule has 0 saturated carbocycles. The fourth-order valence-electron chi connectivity index (χ4n) is 5.15. The van der Waals surface area contributed by atoms with Gasteiger partial charge in [0.15, 0.2) is 23.2 Å². The molecule has 0 radical (unpaired) electrons. The van der Waals surface area contributed by atoms with Crippen LogP contribution in [0.1, 0.15) is 27.3 Å². The number of halogens is 3. The first kappa shape index (κ1) is 21.5. The lowest BCUT2D eigenvalue weighted by atomic mass is 9.93. The van der Waals surface area contributed by atoms with Crippen LogP contribution in [0.5, 0.6) is 0 Å². The van der Waals surface area contributed by atoms with Crippen LogP contribution in [-0.4, -0.2) is 26.4 Å². The zero-order valence-corrected chi connectivity index (χ0v) is 19.3. The Morgan fingerprint density at radius 1 is 1.09 bits per heavy atom. The van der Waals surface area contributed by atoms with Crippen molar-refractivity contribution >= 4 is 33.4 Å². The van der Waals surface area contributed by atoms with Crippen LogP contribution in [0.2, 0.25) is 0 Å². The summed E-state index contributed by atoms with van der Waals surface area (Å²) in [6.07, 6.45) is 1.71. The van der Waals surface area contributed by atoms with Gasteiger partial charge in [-0.2, -0.15) is 0 Å². The van der Waals surface area contributed by atoms with Crippen molar-refractivity contribution in [1.29, 1.82) is 0 Å². The van der Waals surface area contributed by atoms with E-state index in [0.29, 0.717) is 24.0 Å². The van der Waals surface area contributed by atoms with Gasteiger partial charge in [-0.15, -0.1) is 0 Å². The maximum absolute atomic E-state index is 13.9. The van der Waals surface area contributed by atoms with Gasteiger partial charge in [0.1, 0.15) is 11.3 Å². The van der Waals surface area contributed by atoms with Gasteiger partial charge in [0, 0.05) is 54.0 Å². The molecule has 1 aliphatic heterocycles. The Hall–Kier alpha value is -4.07. The molecule has 0 amide bonds. The number of nitrogens with zero attached hydrogens (tertiary/aromatic N) is 3. The number of hydrogen-bond donors (Lipinski definition) is 1. The number of rotatable bonds is 2. The molecule has 1 N–H and O–H groups in total. The average molecular weight is 474 g/mol. The van der Waals surface area contributed by atoms with Crippen LogP contribution >= 0.6 is 0 Å². The van der Waals surface area contributed by atoms with Gasteiger partial charge in [-0.05, 0) is 37.6 Å². The molecule has 1 aliphatic rings. The molecule has 3 aromatic carbocycles. The third kappa shape index (κ3) is 3.02. The lowest BCUT2D eigenvalue weighted by Gasteiger charge is -2.21. The van der Waals surface area contributed by atoms with E-state index in [4.69, 9.17) is 4.98 Å². The predicted octanol–water partition coefficient (Wildman–Crippen LogP) is 5.89. The number of carbonyl (C=O) groups excluding carboxylic acids is 1. The van der Waals surface area contributed by atoms with Crippen molar-refractivity contribution in [2.24, 2.45) is 7.05 Å². The zero-order chi connectivity index (χ0) is 24.6. The van der Waals surface area contributed by atoms with Gasteiger partial charge in [-0.1, -0.05) is 18.2 Å². The highest BCUT2D eigenvalue weighted by Gasteiger charge is 2.25. The zero-order valence-electron chi connectivity index (χ0n) is 19.3. The predicted molar refractivity (Wildman–Crippen MR) is 129 cm³/mol. The average Bonchev–Trinajstić information content (AvgIpc) is 3.33. The number of benzene rings is 3. The van der Waals surface area contributed by atoms with Gasteiger partial charge in [0.2, 0.25) is 0 Å². The number of imidazole rings is 1. The number of fused-ring (bicyclic) bond motifs is 4. The smallest absolute Gasteiger partial charge is 0.195 e. The normalized spacial score (nSPS) is 13.0. The number of aryl methyl sites for hydroxylation is 3. The van der Waals surface area contributed by atoms with Crippen LogP contribution in [0.3, 0.4) is 0 Å². The van der Waals surface area contributed by atoms with E-state index in [-0.39, 0.29) is 5.56 Å². The van der Waals surface area contributed by atoms with Crippen LogP contribution in [-0.2, 0) is 13.6 Å². The Morgan fingerprint density at radius 3 is 2.57 bits per heavy atom. The first-order valence-corrected chi connectivity index (χ1v) is 11.3. The third-order valence-corrected chi connectivity index (χ3v) is 6.91. The molecule has 6 rings (SSSR count). The fraction of sp³-hybridized carbons (Fsp3) is 0.185. The maximum Gasteiger partial charge on any atom is 0.195 e. The Labute approximate surface area is 198 Å². The van der Waals surface area contributed by atoms with Crippen LogP contribution in [0.15, 0.2) is 42.6 Å². The molecule has 5 aromatic rings. The second kappa shape index (κ2) is 7.46. The van der Waals surface area contributed by atoms with Gasteiger partial charge in [-0.25, -0.2) is 18.2 Å². The van der Waals surface area contributed by atoms with E-state index in [1.165, 1.54) is 0 Å². The van der Waals surface area contributed by atoms with E-state index in [9.17, 15) is 18.0 Å². The highest BCUT2D eigenvalue weighted by atomic mass is 19.2. The number of ketones is 1. The van der Waals surface area contributed by atoms with E-state index in [1.54, 1.807) is 6.20 Å². The van der Waals surface area contributed by atoms with Gasteiger partial charge in [0.25, 0.3) is 0 Å².